The molecule has 0 unspecified atom stereocenters. The molecule has 0 aliphatic rings. The Hall–Kier alpha value is -0.670. The van der Waals surface area contributed by atoms with Crippen LogP contribution in [0.4, 0.5) is 0 Å². The van der Waals surface area contributed by atoms with Crippen molar-refractivity contribution in [1.82, 2.24) is 15.2 Å². The number of aliphatic imine (C=N–C) groups is 1. The van der Waals surface area contributed by atoms with E-state index >= 15 is 0 Å². The first-order chi connectivity index (χ1) is 10.2. The maximum atomic E-state index is 4.38. The molecule has 0 bridgehead atoms. The van der Waals surface area contributed by atoms with E-state index in [1.807, 2.05) is 24.6 Å². The molecule has 7 heteroatoms. The molecule has 0 fully saturated rings. The van der Waals surface area contributed by atoms with Gasteiger partial charge >= 0.3 is 0 Å². The van der Waals surface area contributed by atoms with Crippen molar-refractivity contribution in [2.24, 2.45) is 4.99 Å². The second-order valence-corrected chi connectivity index (χ2v) is 7.19. The summed E-state index contributed by atoms with van der Waals surface area (Å²) in [6.45, 7) is 3.92. The molecule has 2 rings (SSSR count). The topological polar surface area (TPSA) is 40.5 Å². The molecule has 0 spiro atoms. The van der Waals surface area contributed by atoms with E-state index in [4.69, 9.17) is 0 Å². The molecular formula is C15H23IN4S2. The highest BCUT2D eigenvalue weighted by atomic mass is 127. The summed E-state index contributed by atoms with van der Waals surface area (Å²) >= 11 is 3.57. The molecule has 1 N–H and O–H groups in total. The first-order valence-electron chi connectivity index (χ1n) is 7.04. The van der Waals surface area contributed by atoms with Crippen LogP contribution in [0.25, 0.3) is 0 Å². The number of aromatic nitrogens is 1. The second kappa shape index (κ2) is 10.2. The summed E-state index contributed by atoms with van der Waals surface area (Å²) in [7, 11) is 3.91. The van der Waals surface area contributed by atoms with Gasteiger partial charge < -0.3 is 10.2 Å². The Morgan fingerprint density at radius 1 is 1.41 bits per heavy atom. The van der Waals surface area contributed by atoms with Gasteiger partial charge in [0.1, 0.15) is 0 Å². The average molecular weight is 450 g/mol. The van der Waals surface area contributed by atoms with E-state index in [0.717, 1.165) is 31.9 Å². The van der Waals surface area contributed by atoms with Crippen LogP contribution in [0.15, 0.2) is 28.7 Å². The maximum absolute atomic E-state index is 4.38. The molecule has 0 amide bonds. The zero-order valence-electron chi connectivity index (χ0n) is 13.2. The number of hydrogen-bond donors (Lipinski definition) is 1. The zero-order chi connectivity index (χ0) is 15.1. The van der Waals surface area contributed by atoms with E-state index in [1.165, 1.54) is 14.8 Å². The van der Waals surface area contributed by atoms with Gasteiger partial charge in [-0.1, -0.05) is 6.07 Å². The number of rotatable bonds is 6. The van der Waals surface area contributed by atoms with E-state index < -0.39 is 0 Å². The molecule has 122 valence electrons. The number of likely N-dealkylation sites (N-methyl/N-ethyl adjacent to an activating group) is 1. The van der Waals surface area contributed by atoms with Crippen molar-refractivity contribution in [3.05, 3.63) is 38.5 Å². The number of halogens is 1. The Balaban J connectivity index is 0.00000242. The number of aryl methyl sites for hydroxylation is 1. The van der Waals surface area contributed by atoms with Crippen LogP contribution in [-0.2, 0) is 12.8 Å². The van der Waals surface area contributed by atoms with Gasteiger partial charge in [0, 0.05) is 49.6 Å². The molecule has 0 saturated carbocycles. The summed E-state index contributed by atoms with van der Waals surface area (Å²) in [6, 6.07) is 4.28. The van der Waals surface area contributed by atoms with Crippen LogP contribution in [-0.4, -0.2) is 43.0 Å². The highest BCUT2D eigenvalue weighted by molar-refractivity contribution is 14.0. The highest BCUT2D eigenvalue weighted by Crippen LogP contribution is 2.11. The van der Waals surface area contributed by atoms with E-state index in [0.29, 0.717) is 0 Å². The lowest BCUT2D eigenvalue weighted by atomic mass is 10.3. The lowest BCUT2D eigenvalue weighted by Crippen LogP contribution is -2.40. The minimum Gasteiger partial charge on any atom is -0.356 e. The van der Waals surface area contributed by atoms with Crippen molar-refractivity contribution in [3.8, 4) is 0 Å². The van der Waals surface area contributed by atoms with Crippen LogP contribution >= 0.6 is 46.7 Å². The minimum atomic E-state index is 0. The molecule has 0 aliphatic carbocycles. The van der Waals surface area contributed by atoms with Crippen LogP contribution < -0.4 is 5.32 Å². The standard InChI is InChI=1S/C15H22N4S2.HI/c1-12-11-18-14(21-12)6-8-17-15(16-2)19(3)9-7-13-5-4-10-20-13;/h4-5,10-11H,6-9H2,1-3H3,(H,16,17);1H. The van der Waals surface area contributed by atoms with Crippen LogP contribution in [0.2, 0.25) is 0 Å². The summed E-state index contributed by atoms with van der Waals surface area (Å²) in [5, 5.41) is 6.70. The van der Waals surface area contributed by atoms with Crippen LogP contribution in [0.5, 0.6) is 0 Å². The van der Waals surface area contributed by atoms with Gasteiger partial charge in [-0.2, -0.15) is 0 Å². The number of thiophene rings is 1. The monoisotopic (exact) mass is 450 g/mol. The Bertz CT molecular complexity index is 566. The van der Waals surface area contributed by atoms with E-state index in [-0.39, 0.29) is 24.0 Å². The van der Waals surface area contributed by atoms with Gasteiger partial charge in [-0.25, -0.2) is 4.98 Å². The molecule has 22 heavy (non-hydrogen) atoms. The average Bonchev–Trinajstić information content (AvgIpc) is 3.12. The van der Waals surface area contributed by atoms with E-state index in [9.17, 15) is 0 Å². The van der Waals surface area contributed by atoms with Gasteiger partial charge in [-0.3, -0.25) is 4.99 Å². The minimum absolute atomic E-state index is 0. The predicted molar refractivity (Wildman–Crippen MR) is 108 cm³/mol. The van der Waals surface area contributed by atoms with E-state index in [2.05, 4.69) is 51.7 Å². The fraction of sp³-hybridized carbons (Fsp3) is 0.467. The van der Waals surface area contributed by atoms with Crippen LogP contribution in [0.3, 0.4) is 0 Å². The Kier molecular flexibility index (Phi) is 8.96. The molecule has 2 aromatic heterocycles. The smallest absolute Gasteiger partial charge is 0.193 e. The second-order valence-electron chi connectivity index (χ2n) is 4.84. The van der Waals surface area contributed by atoms with Gasteiger partial charge in [-0.05, 0) is 24.8 Å². The Labute approximate surface area is 157 Å². The number of guanidine groups is 1. The highest BCUT2D eigenvalue weighted by Gasteiger charge is 2.06. The first-order valence-corrected chi connectivity index (χ1v) is 8.74. The molecule has 0 atom stereocenters. The first kappa shape index (κ1) is 19.4. The maximum Gasteiger partial charge on any atom is 0.193 e. The lowest BCUT2D eigenvalue weighted by Gasteiger charge is -2.21. The third-order valence-electron chi connectivity index (χ3n) is 3.14. The summed E-state index contributed by atoms with van der Waals surface area (Å²) in [4.78, 5) is 13.6. The molecule has 4 nitrogen and oxygen atoms in total. The number of nitrogens with zero attached hydrogens (tertiary/aromatic N) is 3. The SMILES string of the molecule is CN=C(NCCc1ncc(C)s1)N(C)CCc1cccs1.I. The predicted octanol–water partition coefficient (Wildman–Crippen LogP) is 3.42. The number of nitrogens with one attached hydrogen (secondary N) is 1. The van der Waals surface area contributed by atoms with Crippen molar-refractivity contribution in [3.63, 3.8) is 0 Å². The fourth-order valence-corrected chi connectivity index (χ4v) is 3.51. The van der Waals surface area contributed by atoms with Crippen LogP contribution in [0.1, 0.15) is 14.8 Å². The molecule has 0 aromatic carbocycles. The Morgan fingerprint density at radius 3 is 2.82 bits per heavy atom. The summed E-state index contributed by atoms with van der Waals surface area (Å²) in [6.07, 6.45) is 3.93. The Morgan fingerprint density at radius 2 is 2.23 bits per heavy atom. The van der Waals surface area contributed by atoms with Crippen molar-refractivity contribution < 1.29 is 0 Å². The quantitative estimate of drug-likeness (QED) is 0.417. The van der Waals surface area contributed by atoms with Gasteiger partial charge in [0.15, 0.2) is 5.96 Å². The van der Waals surface area contributed by atoms with Gasteiger partial charge in [0.25, 0.3) is 0 Å². The summed E-state index contributed by atoms with van der Waals surface area (Å²) in [5.74, 6) is 0.944. The van der Waals surface area contributed by atoms with Crippen molar-refractivity contribution in [2.45, 2.75) is 19.8 Å². The zero-order valence-corrected chi connectivity index (χ0v) is 17.2. The molecule has 0 radical (unpaired) electrons. The normalized spacial score (nSPS) is 11.1. The molecular weight excluding hydrogens is 427 g/mol. The number of hydrogen-bond acceptors (Lipinski definition) is 4. The van der Waals surface area contributed by atoms with Crippen LogP contribution in [0, 0.1) is 6.92 Å². The van der Waals surface area contributed by atoms with E-state index in [1.54, 1.807) is 11.3 Å². The van der Waals surface area contributed by atoms with Crippen molar-refractivity contribution in [2.75, 3.05) is 27.2 Å². The largest absolute Gasteiger partial charge is 0.356 e. The van der Waals surface area contributed by atoms with Crippen molar-refractivity contribution >= 4 is 52.6 Å². The summed E-state index contributed by atoms with van der Waals surface area (Å²) < 4.78 is 0. The fourth-order valence-electron chi connectivity index (χ4n) is 2.02. The molecule has 2 heterocycles. The number of thiazole rings is 1. The van der Waals surface area contributed by atoms with Crippen molar-refractivity contribution in [1.29, 1.82) is 0 Å². The van der Waals surface area contributed by atoms with Gasteiger partial charge in [0.05, 0.1) is 5.01 Å². The molecule has 0 aliphatic heterocycles. The van der Waals surface area contributed by atoms with Gasteiger partial charge in [0.2, 0.25) is 0 Å². The summed E-state index contributed by atoms with van der Waals surface area (Å²) in [5.41, 5.74) is 0. The molecule has 2 aromatic rings. The lowest BCUT2D eigenvalue weighted by molar-refractivity contribution is 0.487. The third kappa shape index (κ3) is 6.21. The van der Waals surface area contributed by atoms with Gasteiger partial charge in [-0.15, -0.1) is 46.7 Å². The molecule has 0 saturated heterocycles. The third-order valence-corrected chi connectivity index (χ3v) is 5.05.